The van der Waals surface area contributed by atoms with Gasteiger partial charge in [0.15, 0.2) is 0 Å². The minimum Gasteiger partial charge on any atom is -0.496 e. The lowest BCUT2D eigenvalue weighted by Gasteiger charge is -2.39. The summed E-state index contributed by atoms with van der Waals surface area (Å²) in [5.74, 6) is 0.699. The summed E-state index contributed by atoms with van der Waals surface area (Å²) in [5.41, 5.74) is 3.72. The van der Waals surface area contributed by atoms with Crippen molar-refractivity contribution in [3.05, 3.63) is 93.0 Å². The monoisotopic (exact) mass is 443 g/mol. The highest BCUT2D eigenvalue weighted by Gasteiger charge is 2.48. The third-order valence-electron chi connectivity index (χ3n) is 5.18. The number of halogens is 2. The minimum atomic E-state index is -1.03. The second-order valence-electron chi connectivity index (χ2n) is 6.86. The first-order valence-electron chi connectivity index (χ1n) is 9.11. The Kier molecular flexibility index (Phi) is 5.52. The summed E-state index contributed by atoms with van der Waals surface area (Å²) in [6, 6.07) is 19.1. The number of amides is 1. The van der Waals surface area contributed by atoms with Crippen molar-refractivity contribution < 1.29 is 9.53 Å². The molecule has 1 atom stereocenters. The van der Waals surface area contributed by atoms with E-state index >= 15 is 0 Å². The lowest BCUT2D eigenvalue weighted by atomic mass is 9.82. The number of ether oxygens (including phenoxy) is 1. The van der Waals surface area contributed by atoms with E-state index in [2.05, 4.69) is 5.32 Å². The van der Waals surface area contributed by atoms with E-state index in [1.54, 1.807) is 13.2 Å². The molecule has 29 heavy (non-hydrogen) atoms. The van der Waals surface area contributed by atoms with Crippen molar-refractivity contribution in [3.63, 3.8) is 0 Å². The van der Waals surface area contributed by atoms with Crippen LogP contribution in [-0.2, 0) is 16.1 Å². The molecule has 1 N–H and O–H groups in total. The lowest BCUT2D eigenvalue weighted by Crippen LogP contribution is -2.47. The summed E-state index contributed by atoms with van der Waals surface area (Å²) < 4.78 is 4.48. The van der Waals surface area contributed by atoms with Crippen molar-refractivity contribution in [2.45, 2.75) is 23.1 Å². The number of benzene rings is 3. The Hall–Kier alpha value is -2.14. The number of carbonyl (C=O) groups is 1. The van der Waals surface area contributed by atoms with Crippen molar-refractivity contribution >= 4 is 40.9 Å². The number of methoxy groups -OCH3 is 1. The SMILES string of the molecule is COc1ccc2c(c1C)CNC(=O)C2(Sc1ccccc1)c1cc(Cl)cc(Cl)c1. The minimum absolute atomic E-state index is 0.0956. The summed E-state index contributed by atoms with van der Waals surface area (Å²) in [7, 11) is 1.65. The van der Waals surface area contributed by atoms with Crippen LogP contribution in [0.25, 0.3) is 0 Å². The smallest absolute Gasteiger partial charge is 0.245 e. The molecule has 0 fully saturated rings. The van der Waals surface area contributed by atoms with Crippen molar-refractivity contribution in [1.29, 1.82) is 0 Å². The van der Waals surface area contributed by atoms with Crippen LogP contribution in [0, 0.1) is 6.92 Å². The van der Waals surface area contributed by atoms with E-state index in [-0.39, 0.29) is 5.91 Å². The quantitative estimate of drug-likeness (QED) is 0.538. The zero-order valence-electron chi connectivity index (χ0n) is 16.0. The van der Waals surface area contributed by atoms with Gasteiger partial charge in [-0.05, 0) is 65.6 Å². The number of nitrogens with one attached hydrogen (secondary N) is 1. The Balaban J connectivity index is 2.03. The van der Waals surface area contributed by atoms with Crippen LogP contribution in [0.4, 0.5) is 0 Å². The molecular formula is C23H19Cl2NO2S. The largest absolute Gasteiger partial charge is 0.496 e. The van der Waals surface area contributed by atoms with Crippen LogP contribution >= 0.6 is 35.0 Å². The van der Waals surface area contributed by atoms with Gasteiger partial charge in [0.25, 0.3) is 0 Å². The summed E-state index contributed by atoms with van der Waals surface area (Å²) in [4.78, 5) is 14.5. The normalized spacial score (nSPS) is 18.1. The Morgan fingerprint density at radius 2 is 1.72 bits per heavy atom. The van der Waals surface area contributed by atoms with Gasteiger partial charge in [-0.2, -0.15) is 0 Å². The molecule has 4 rings (SSSR count). The molecule has 1 heterocycles. The summed E-state index contributed by atoms with van der Waals surface area (Å²) in [5, 5.41) is 4.06. The highest BCUT2D eigenvalue weighted by molar-refractivity contribution is 8.01. The molecule has 0 aromatic heterocycles. The van der Waals surface area contributed by atoms with Gasteiger partial charge in [0.2, 0.25) is 5.91 Å². The lowest BCUT2D eigenvalue weighted by molar-refractivity contribution is -0.123. The maximum absolute atomic E-state index is 13.5. The second kappa shape index (κ2) is 7.94. The number of hydrogen-bond acceptors (Lipinski definition) is 3. The van der Waals surface area contributed by atoms with Gasteiger partial charge >= 0.3 is 0 Å². The van der Waals surface area contributed by atoms with Crippen LogP contribution in [0.5, 0.6) is 5.75 Å². The van der Waals surface area contributed by atoms with Crippen LogP contribution in [-0.4, -0.2) is 13.0 Å². The standard InChI is InChI=1S/C23H19Cl2NO2S/c1-14-19-13-26-22(27)23(20(19)8-9-21(14)28-2,29-18-6-4-3-5-7-18)15-10-16(24)12-17(25)11-15/h3-12H,13H2,1-2H3,(H,26,27). The molecule has 6 heteroatoms. The summed E-state index contributed by atoms with van der Waals surface area (Å²) >= 11 is 14.2. The molecule has 0 radical (unpaired) electrons. The van der Waals surface area contributed by atoms with Crippen LogP contribution in [0.1, 0.15) is 22.3 Å². The molecule has 148 valence electrons. The van der Waals surface area contributed by atoms with Gasteiger partial charge in [0, 0.05) is 21.5 Å². The Morgan fingerprint density at radius 1 is 1.03 bits per heavy atom. The Morgan fingerprint density at radius 3 is 2.38 bits per heavy atom. The molecule has 0 saturated heterocycles. The van der Waals surface area contributed by atoms with Crippen LogP contribution < -0.4 is 10.1 Å². The van der Waals surface area contributed by atoms with Crippen molar-refractivity contribution in [2.24, 2.45) is 0 Å². The third kappa shape index (κ3) is 3.50. The predicted octanol–water partition coefficient (Wildman–Crippen LogP) is 5.98. The first-order valence-corrected chi connectivity index (χ1v) is 10.7. The van der Waals surface area contributed by atoms with Gasteiger partial charge in [0.05, 0.1) is 7.11 Å². The summed E-state index contributed by atoms with van der Waals surface area (Å²) in [6.45, 7) is 2.46. The highest BCUT2D eigenvalue weighted by Crippen LogP contribution is 2.51. The number of hydrogen-bond donors (Lipinski definition) is 1. The Bertz CT molecular complexity index is 1070. The number of thioether (sulfide) groups is 1. The average Bonchev–Trinajstić information content (AvgIpc) is 2.70. The fraction of sp³-hybridized carbons (Fsp3) is 0.174. The topological polar surface area (TPSA) is 38.3 Å². The van der Waals surface area contributed by atoms with E-state index < -0.39 is 4.75 Å². The molecule has 1 aliphatic heterocycles. The maximum Gasteiger partial charge on any atom is 0.245 e. The molecule has 1 aliphatic rings. The molecule has 0 bridgehead atoms. The van der Waals surface area contributed by atoms with E-state index in [1.165, 1.54) is 11.8 Å². The highest BCUT2D eigenvalue weighted by atomic mass is 35.5. The Labute approximate surface area is 184 Å². The van der Waals surface area contributed by atoms with Crippen molar-refractivity contribution in [3.8, 4) is 5.75 Å². The van der Waals surface area contributed by atoms with Gasteiger partial charge in [-0.1, -0.05) is 59.2 Å². The molecule has 1 amide bonds. The van der Waals surface area contributed by atoms with Crippen molar-refractivity contribution in [1.82, 2.24) is 5.32 Å². The van der Waals surface area contributed by atoms with E-state index in [1.807, 2.05) is 61.5 Å². The molecule has 1 unspecified atom stereocenters. The molecule has 3 aromatic rings. The number of fused-ring (bicyclic) bond motifs is 1. The molecule has 3 aromatic carbocycles. The van der Waals surface area contributed by atoms with Gasteiger partial charge in [0.1, 0.15) is 10.5 Å². The van der Waals surface area contributed by atoms with Gasteiger partial charge in [-0.15, -0.1) is 0 Å². The molecule has 0 aliphatic carbocycles. The van der Waals surface area contributed by atoms with E-state index in [0.717, 1.165) is 32.9 Å². The van der Waals surface area contributed by atoms with Gasteiger partial charge in [-0.3, -0.25) is 4.79 Å². The molecule has 3 nitrogen and oxygen atoms in total. The molecular weight excluding hydrogens is 425 g/mol. The second-order valence-corrected chi connectivity index (χ2v) is 9.02. The average molecular weight is 444 g/mol. The fourth-order valence-electron chi connectivity index (χ4n) is 3.80. The molecule has 0 saturated carbocycles. The van der Waals surface area contributed by atoms with E-state index in [4.69, 9.17) is 27.9 Å². The van der Waals surface area contributed by atoms with Crippen LogP contribution in [0.2, 0.25) is 10.0 Å². The number of rotatable bonds is 4. The summed E-state index contributed by atoms with van der Waals surface area (Å²) in [6.07, 6.45) is 0. The van der Waals surface area contributed by atoms with Crippen molar-refractivity contribution in [2.75, 3.05) is 7.11 Å². The first-order chi connectivity index (χ1) is 14.0. The van der Waals surface area contributed by atoms with Gasteiger partial charge in [-0.25, -0.2) is 0 Å². The van der Waals surface area contributed by atoms with E-state index in [0.29, 0.717) is 16.6 Å². The fourth-order valence-corrected chi connectivity index (χ4v) is 5.67. The van der Waals surface area contributed by atoms with Crippen LogP contribution in [0.3, 0.4) is 0 Å². The zero-order chi connectivity index (χ0) is 20.6. The van der Waals surface area contributed by atoms with E-state index in [9.17, 15) is 4.79 Å². The third-order valence-corrected chi connectivity index (χ3v) is 7.07. The maximum atomic E-state index is 13.5. The van der Waals surface area contributed by atoms with Gasteiger partial charge < -0.3 is 10.1 Å². The van der Waals surface area contributed by atoms with Crippen LogP contribution in [0.15, 0.2) is 65.6 Å². The molecule has 0 spiro atoms. The first kappa shape index (κ1) is 20.1. The predicted molar refractivity (Wildman–Crippen MR) is 119 cm³/mol. The number of carbonyl (C=O) groups excluding carboxylic acids is 1. The zero-order valence-corrected chi connectivity index (χ0v) is 18.3.